The summed E-state index contributed by atoms with van der Waals surface area (Å²) < 4.78 is 26.2. The molecule has 5 heteroatoms. The van der Waals surface area contributed by atoms with Crippen molar-refractivity contribution in [3.05, 3.63) is 35.4 Å². The van der Waals surface area contributed by atoms with Gasteiger partial charge in [-0.2, -0.15) is 0 Å². The highest BCUT2D eigenvalue weighted by molar-refractivity contribution is 5.96. The van der Waals surface area contributed by atoms with Crippen molar-refractivity contribution in [1.82, 2.24) is 9.80 Å². The zero-order valence-corrected chi connectivity index (χ0v) is 12.0. The van der Waals surface area contributed by atoms with Crippen molar-refractivity contribution < 1.29 is 13.6 Å². The van der Waals surface area contributed by atoms with Crippen LogP contribution in [0.3, 0.4) is 0 Å². The summed E-state index contributed by atoms with van der Waals surface area (Å²) in [5.41, 5.74) is 0.129. The van der Waals surface area contributed by atoms with Gasteiger partial charge in [0.1, 0.15) is 11.6 Å². The largest absolute Gasteiger partial charge is 0.300 e. The average Bonchev–Trinajstić information content (AvgIpc) is 3.29. The van der Waals surface area contributed by atoms with Crippen LogP contribution in [-0.2, 0) is 0 Å². The lowest BCUT2D eigenvalue weighted by Gasteiger charge is -2.34. The molecule has 1 aliphatic heterocycles. The lowest BCUT2D eigenvalue weighted by atomic mass is 10.1. The van der Waals surface area contributed by atoms with Gasteiger partial charge in [0.25, 0.3) is 0 Å². The van der Waals surface area contributed by atoms with Gasteiger partial charge in [-0.15, -0.1) is 0 Å². The average molecular weight is 294 g/mol. The Hall–Kier alpha value is -1.33. The molecular weight excluding hydrogens is 274 g/mol. The lowest BCUT2D eigenvalue weighted by molar-refractivity contribution is 0.0921. The Morgan fingerprint density at radius 3 is 2.24 bits per heavy atom. The van der Waals surface area contributed by atoms with E-state index >= 15 is 0 Å². The number of halogens is 2. The molecule has 0 spiro atoms. The summed E-state index contributed by atoms with van der Waals surface area (Å²) in [5, 5.41) is 0. The number of ketones is 1. The number of hydrogen-bond acceptors (Lipinski definition) is 3. The number of carbonyl (C=O) groups is 1. The number of Topliss-reactive ketones (excluding diaryl/α,β-unsaturated/α-hetero) is 1. The molecule has 0 atom stereocenters. The van der Waals surface area contributed by atoms with Crippen LogP contribution in [0.5, 0.6) is 0 Å². The first kappa shape index (κ1) is 14.6. The molecule has 0 N–H and O–H groups in total. The van der Waals surface area contributed by atoms with E-state index in [2.05, 4.69) is 9.80 Å². The molecule has 3 rings (SSSR count). The van der Waals surface area contributed by atoms with Gasteiger partial charge in [0.15, 0.2) is 5.78 Å². The number of carbonyl (C=O) groups excluding carboxylic acids is 1. The molecule has 3 nitrogen and oxygen atoms in total. The molecule has 0 aromatic heterocycles. The molecule has 0 unspecified atom stereocenters. The molecule has 1 saturated heterocycles. The van der Waals surface area contributed by atoms with Gasteiger partial charge in [-0.1, -0.05) is 0 Å². The van der Waals surface area contributed by atoms with E-state index in [0.717, 1.165) is 50.4 Å². The van der Waals surface area contributed by atoms with Gasteiger partial charge in [-0.05, 0) is 25.0 Å². The van der Waals surface area contributed by atoms with Gasteiger partial charge in [0.2, 0.25) is 0 Å². The standard InChI is InChI=1S/C16H20F2N2O/c17-13-9-12(10-14(18)11-13)16(21)3-4-19-5-7-20(8-6-19)15-1-2-15/h9-11,15H,1-8H2. The van der Waals surface area contributed by atoms with E-state index in [1.807, 2.05) is 0 Å². The molecular formula is C16H20F2N2O. The summed E-state index contributed by atoms with van der Waals surface area (Å²) in [6.07, 6.45) is 2.96. The Bertz CT molecular complexity index is 503. The minimum Gasteiger partial charge on any atom is -0.300 e. The number of benzene rings is 1. The highest BCUT2D eigenvalue weighted by atomic mass is 19.1. The zero-order chi connectivity index (χ0) is 14.8. The summed E-state index contributed by atoms with van der Waals surface area (Å²) in [6.45, 7) is 4.74. The Morgan fingerprint density at radius 2 is 1.67 bits per heavy atom. The van der Waals surface area contributed by atoms with Crippen molar-refractivity contribution >= 4 is 5.78 Å². The Labute approximate surface area is 123 Å². The first-order chi connectivity index (χ1) is 10.1. The Balaban J connectivity index is 1.47. The van der Waals surface area contributed by atoms with Gasteiger partial charge >= 0.3 is 0 Å². The van der Waals surface area contributed by atoms with E-state index in [0.29, 0.717) is 13.0 Å². The molecule has 114 valence electrons. The summed E-state index contributed by atoms with van der Waals surface area (Å²) in [4.78, 5) is 16.8. The molecule has 0 bridgehead atoms. The van der Waals surface area contributed by atoms with E-state index in [1.54, 1.807) is 0 Å². The van der Waals surface area contributed by atoms with Crippen molar-refractivity contribution in [2.24, 2.45) is 0 Å². The fraction of sp³-hybridized carbons (Fsp3) is 0.562. The molecule has 1 aliphatic carbocycles. The number of hydrogen-bond donors (Lipinski definition) is 0. The zero-order valence-electron chi connectivity index (χ0n) is 12.0. The van der Waals surface area contributed by atoms with Crippen LogP contribution in [-0.4, -0.2) is 54.3 Å². The first-order valence-corrected chi connectivity index (χ1v) is 7.57. The highest BCUT2D eigenvalue weighted by Gasteiger charge is 2.31. The minimum absolute atomic E-state index is 0.129. The van der Waals surface area contributed by atoms with E-state index < -0.39 is 11.6 Å². The second-order valence-electron chi connectivity index (χ2n) is 5.94. The third-order valence-corrected chi connectivity index (χ3v) is 4.31. The maximum atomic E-state index is 13.1. The fourth-order valence-electron chi connectivity index (χ4n) is 2.91. The number of piperazine rings is 1. The van der Waals surface area contributed by atoms with Crippen molar-refractivity contribution in [2.45, 2.75) is 25.3 Å². The van der Waals surface area contributed by atoms with E-state index in [4.69, 9.17) is 0 Å². The van der Waals surface area contributed by atoms with Gasteiger partial charge in [0.05, 0.1) is 0 Å². The highest BCUT2D eigenvalue weighted by Crippen LogP contribution is 2.27. The van der Waals surface area contributed by atoms with Crippen LogP contribution < -0.4 is 0 Å². The smallest absolute Gasteiger partial charge is 0.164 e. The number of nitrogens with zero attached hydrogens (tertiary/aromatic N) is 2. The van der Waals surface area contributed by atoms with Crippen LogP contribution in [0.4, 0.5) is 8.78 Å². The van der Waals surface area contributed by atoms with Crippen molar-refractivity contribution in [3.8, 4) is 0 Å². The minimum atomic E-state index is -0.698. The van der Waals surface area contributed by atoms with Crippen LogP contribution in [0.15, 0.2) is 18.2 Å². The third-order valence-electron chi connectivity index (χ3n) is 4.31. The second-order valence-corrected chi connectivity index (χ2v) is 5.94. The molecule has 2 fully saturated rings. The lowest BCUT2D eigenvalue weighted by Crippen LogP contribution is -2.47. The normalized spacial score (nSPS) is 20.7. The topological polar surface area (TPSA) is 23.6 Å². The summed E-state index contributed by atoms with van der Waals surface area (Å²) in [7, 11) is 0. The molecule has 21 heavy (non-hydrogen) atoms. The summed E-state index contributed by atoms with van der Waals surface area (Å²) in [5.74, 6) is -1.59. The SMILES string of the molecule is O=C(CCN1CCN(C2CC2)CC1)c1cc(F)cc(F)c1. The summed E-state index contributed by atoms with van der Waals surface area (Å²) >= 11 is 0. The molecule has 0 amide bonds. The van der Waals surface area contributed by atoms with E-state index in [1.165, 1.54) is 12.8 Å². The van der Waals surface area contributed by atoms with Crippen molar-refractivity contribution in [1.29, 1.82) is 0 Å². The second kappa shape index (κ2) is 6.20. The predicted octanol–water partition coefficient (Wildman–Crippen LogP) is 2.32. The molecule has 1 saturated carbocycles. The quantitative estimate of drug-likeness (QED) is 0.779. The van der Waals surface area contributed by atoms with Crippen molar-refractivity contribution in [3.63, 3.8) is 0 Å². The third kappa shape index (κ3) is 3.86. The maximum absolute atomic E-state index is 13.1. The monoisotopic (exact) mass is 294 g/mol. The number of rotatable bonds is 5. The van der Waals surface area contributed by atoms with E-state index in [9.17, 15) is 13.6 Å². The van der Waals surface area contributed by atoms with Gasteiger partial charge in [-0.25, -0.2) is 8.78 Å². The van der Waals surface area contributed by atoms with Crippen LogP contribution in [0.2, 0.25) is 0 Å². The van der Waals surface area contributed by atoms with Crippen LogP contribution in [0.25, 0.3) is 0 Å². The van der Waals surface area contributed by atoms with Gasteiger partial charge in [-0.3, -0.25) is 9.69 Å². The molecule has 2 aliphatic rings. The van der Waals surface area contributed by atoms with Crippen molar-refractivity contribution in [2.75, 3.05) is 32.7 Å². The fourth-order valence-corrected chi connectivity index (χ4v) is 2.91. The van der Waals surface area contributed by atoms with Gasteiger partial charge < -0.3 is 4.90 Å². The summed E-state index contributed by atoms with van der Waals surface area (Å²) in [6, 6.07) is 3.80. The maximum Gasteiger partial charge on any atom is 0.164 e. The first-order valence-electron chi connectivity index (χ1n) is 7.57. The predicted molar refractivity (Wildman–Crippen MR) is 76.3 cm³/mol. The van der Waals surface area contributed by atoms with Crippen LogP contribution in [0.1, 0.15) is 29.6 Å². The molecule has 1 aromatic rings. The molecule has 0 radical (unpaired) electrons. The Morgan fingerprint density at radius 1 is 1.05 bits per heavy atom. The van der Waals surface area contributed by atoms with Crippen LogP contribution in [0, 0.1) is 11.6 Å². The Kier molecular flexibility index (Phi) is 4.31. The van der Waals surface area contributed by atoms with E-state index in [-0.39, 0.29) is 11.3 Å². The van der Waals surface area contributed by atoms with Crippen LogP contribution >= 0.6 is 0 Å². The van der Waals surface area contributed by atoms with Gasteiger partial charge in [0, 0.05) is 56.8 Å². The molecule has 1 heterocycles. The molecule has 1 aromatic carbocycles.